The number of benzene rings is 8. The van der Waals surface area contributed by atoms with Gasteiger partial charge in [0.1, 0.15) is 73.2 Å². The third kappa shape index (κ3) is 29.1. The molecule has 25 heteroatoms. The second kappa shape index (κ2) is 48.4. The molecule has 4 aliphatic rings. The summed E-state index contributed by atoms with van der Waals surface area (Å²) in [5, 5.41) is 11.6. The number of hydrogen-bond donors (Lipinski definition) is 1. The molecule has 700 valence electrons. The number of unbranched alkanes of at least 4 members (excludes halogenated alkanes) is 1. The molecule has 0 radical (unpaired) electrons. The highest BCUT2D eigenvalue weighted by Gasteiger charge is 2.58. The number of ether oxygens (including phenoxy) is 20. The number of carbonyl (C=O) groups is 4. The molecule has 4 heterocycles. The number of aliphatic hydroxyl groups is 1. The first-order valence-corrected chi connectivity index (χ1v) is 45.0. The van der Waals surface area contributed by atoms with Crippen LogP contribution in [0.15, 0.2) is 255 Å². The fraction of sp³-hybridized carbons (Fsp3) is 0.486. The quantitative estimate of drug-likeness (QED) is 0.0161. The summed E-state index contributed by atoms with van der Waals surface area (Å²) < 4.78 is 141. The molecule has 0 bridgehead atoms. The van der Waals surface area contributed by atoms with Crippen LogP contribution >= 0.6 is 0 Å². The van der Waals surface area contributed by atoms with Crippen LogP contribution in [0.5, 0.6) is 0 Å². The minimum absolute atomic E-state index is 0.0226. The van der Waals surface area contributed by atoms with Crippen LogP contribution in [0.1, 0.15) is 140 Å². The van der Waals surface area contributed by atoms with Crippen molar-refractivity contribution >= 4 is 23.9 Å². The van der Waals surface area contributed by atoms with Gasteiger partial charge in [0.05, 0.1) is 108 Å². The van der Waals surface area contributed by atoms with Crippen molar-refractivity contribution in [3.05, 3.63) is 300 Å². The van der Waals surface area contributed by atoms with Crippen molar-refractivity contribution in [1.82, 2.24) is 0 Å². The first-order valence-electron chi connectivity index (χ1n) is 45.0. The standard InChI is InChI=1S/C105H130O25/c1-14-15-40-57-111-94-90(127-98(107)102(2,3)4)87(117-64-75-51-34-21-35-52-75)83(113-60-71-43-26-17-27-44-71)79(124-94)67-121-96-92(129-100(109)104(8,9)10)89(119-66-77-55-38-23-39-56-77)85(115-62-73-47-30-19-31-48-73)81(126-96)69-122-97-93(130-101(110)105(11,12)13)88(118-65-76-53-36-22-37-54-76)84(114-61-72-45-28-18-29-46-72)80(125-97)68-120-95-91(128-99(108)103(5,6)7)86(116-63-74-49-32-20-33-50-74)82(78(58-106)123-95)112-59-70-41-24-16-25-42-70/h14,16-39,41-56,78-97,106H,1,15,40,57-69H2,2-13H3/t78-,79-,80-,81-,82-,83-,84-,85-,86+,87+,88+,89+,90-,91-,92-,93-,94-,95-,96-,97-/m1/s1. The Morgan fingerprint density at radius 1 is 0.269 bits per heavy atom. The second-order valence-electron chi connectivity index (χ2n) is 37.2. The largest absolute Gasteiger partial charge is 0.454 e. The molecule has 0 aromatic heterocycles. The lowest BCUT2D eigenvalue weighted by Gasteiger charge is -2.49. The highest BCUT2D eigenvalue weighted by molar-refractivity contribution is 5.77. The molecule has 4 fully saturated rings. The average Bonchev–Trinajstić information content (AvgIpc) is 0.730. The van der Waals surface area contributed by atoms with Gasteiger partial charge in [-0.25, -0.2) is 0 Å². The zero-order valence-electron chi connectivity index (χ0n) is 76.8. The summed E-state index contributed by atoms with van der Waals surface area (Å²) in [5.74, 6) is -2.46. The summed E-state index contributed by atoms with van der Waals surface area (Å²) in [7, 11) is 0. The van der Waals surface area contributed by atoms with Gasteiger partial charge in [0.15, 0.2) is 49.6 Å². The van der Waals surface area contributed by atoms with E-state index < -0.39 is 195 Å². The molecule has 4 aliphatic heterocycles. The van der Waals surface area contributed by atoms with Gasteiger partial charge in [0.25, 0.3) is 0 Å². The summed E-state index contributed by atoms with van der Waals surface area (Å²) in [6.45, 7) is 23.0. The number of hydrogen-bond acceptors (Lipinski definition) is 25. The van der Waals surface area contributed by atoms with E-state index in [4.69, 9.17) is 94.7 Å². The number of carbonyl (C=O) groups excluding carboxylic acids is 4. The molecule has 12 rings (SSSR count). The summed E-state index contributed by atoms with van der Waals surface area (Å²) in [4.78, 5) is 59.4. The van der Waals surface area contributed by atoms with Crippen molar-refractivity contribution in [2.45, 2.75) is 272 Å². The molecule has 0 saturated carbocycles. The van der Waals surface area contributed by atoms with Gasteiger partial charge in [-0.05, 0) is 140 Å². The predicted molar refractivity (Wildman–Crippen MR) is 482 cm³/mol. The van der Waals surface area contributed by atoms with Crippen LogP contribution in [0, 0.1) is 21.7 Å². The van der Waals surface area contributed by atoms with Gasteiger partial charge in [0, 0.05) is 0 Å². The fourth-order valence-corrected chi connectivity index (χ4v) is 15.0. The van der Waals surface area contributed by atoms with Crippen LogP contribution in [-0.2, 0) is 167 Å². The van der Waals surface area contributed by atoms with Crippen LogP contribution in [0.2, 0.25) is 0 Å². The molecule has 0 spiro atoms. The van der Waals surface area contributed by atoms with Crippen LogP contribution < -0.4 is 0 Å². The third-order valence-corrected chi connectivity index (χ3v) is 22.4. The molecule has 130 heavy (non-hydrogen) atoms. The lowest BCUT2D eigenvalue weighted by molar-refractivity contribution is -0.361. The van der Waals surface area contributed by atoms with E-state index in [9.17, 15) is 14.7 Å². The number of esters is 4. The smallest absolute Gasteiger partial charge is 0.311 e. The number of rotatable bonds is 43. The van der Waals surface area contributed by atoms with E-state index in [1.54, 1.807) is 89.2 Å². The molecule has 4 saturated heterocycles. The summed E-state index contributed by atoms with van der Waals surface area (Å²) in [5.41, 5.74) is 1.94. The maximum atomic E-state index is 15.2. The summed E-state index contributed by atoms with van der Waals surface area (Å²) in [6.07, 6.45) is -23.1. The van der Waals surface area contributed by atoms with E-state index in [2.05, 4.69) is 6.58 Å². The Kier molecular flexibility index (Phi) is 37.1. The van der Waals surface area contributed by atoms with Gasteiger partial charge in [-0.15, -0.1) is 6.58 Å². The van der Waals surface area contributed by atoms with Crippen molar-refractivity contribution in [1.29, 1.82) is 0 Å². The van der Waals surface area contributed by atoms with Crippen molar-refractivity contribution < 1.29 is 119 Å². The SMILES string of the molecule is C=CCCCO[C@@H]1O[C@H](CO[C@@H]2O[C@H](CO[C@@H]3O[C@H](CO[C@@H]4O[C@H](CO)[C@@H](OCc5ccccc5)[C@H](OCc5ccccc5)[C@H]4OC(=O)C(C)(C)C)[C@@H](OCc4ccccc4)[C@H](OCc4ccccc4)[C@H]3OC(=O)C(C)(C)C)[C@@H](OCc3ccccc3)[C@H](OCc3ccccc3)[C@H]2OC(=O)C(C)(C)C)[C@@H](OCc2ccccc2)[C@H](OCc2ccccc2)[C@H]1OC(=O)C(C)(C)C. The molecule has 0 amide bonds. The van der Waals surface area contributed by atoms with Crippen molar-refractivity contribution in [2.75, 3.05) is 33.0 Å². The Labute approximate surface area is 765 Å². The molecular formula is C105H130O25. The van der Waals surface area contributed by atoms with Gasteiger partial charge in [0.2, 0.25) is 0 Å². The van der Waals surface area contributed by atoms with E-state index in [1.807, 2.05) is 243 Å². The molecule has 0 aliphatic carbocycles. The maximum absolute atomic E-state index is 15.2. The maximum Gasteiger partial charge on any atom is 0.311 e. The third-order valence-electron chi connectivity index (χ3n) is 22.4. The first-order chi connectivity index (χ1) is 62.6. The lowest BCUT2D eigenvalue weighted by Crippen LogP contribution is -2.66. The Morgan fingerprint density at radius 2 is 0.454 bits per heavy atom. The fourth-order valence-electron chi connectivity index (χ4n) is 15.0. The topological polar surface area (TPSA) is 273 Å². The van der Waals surface area contributed by atoms with Crippen LogP contribution in [0.25, 0.3) is 0 Å². The van der Waals surface area contributed by atoms with E-state index in [-0.39, 0.29) is 59.5 Å². The van der Waals surface area contributed by atoms with E-state index >= 15 is 9.59 Å². The molecule has 1 N–H and O–H groups in total. The van der Waals surface area contributed by atoms with Crippen molar-refractivity contribution in [2.24, 2.45) is 21.7 Å². The monoisotopic (exact) mass is 1790 g/mol. The average molecular weight is 1790 g/mol. The molecule has 8 aromatic carbocycles. The molecule has 0 unspecified atom stereocenters. The Morgan fingerprint density at radius 3 is 0.646 bits per heavy atom. The van der Waals surface area contributed by atoms with Gasteiger partial charge < -0.3 is 99.8 Å². The van der Waals surface area contributed by atoms with Crippen LogP contribution in [0.3, 0.4) is 0 Å². The molecule has 25 nitrogen and oxygen atoms in total. The summed E-state index contributed by atoms with van der Waals surface area (Å²) >= 11 is 0. The van der Waals surface area contributed by atoms with Crippen LogP contribution in [0.4, 0.5) is 0 Å². The minimum Gasteiger partial charge on any atom is -0.454 e. The molecular weight excluding hydrogens is 1660 g/mol. The Balaban J connectivity index is 0.978. The highest BCUT2D eigenvalue weighted by atomic mass is 16.8. The Hall–Kier alpha value is -9.30. The van der Waals surface area contributed by atoms with Gasteiger partial charge in [-0.1, -0.05) is 249 Å². The first kappa shape index (κ1) is 99.7. The molecule has 8 aromatic rings. The van der Waals surface area contributed by atoms with E-state index in [1.165, 1.54) is 0 Å². The van der Waals surface area contributed by atoms with E-state index in [0.29, 0.717) is 12.8 Å². The van der Waals surface area contributed by atoms with Crippen LogP contribution in [-0.4, -0.2) is 185 Å². The van der Waals surface area contributed by atoms with E-state index in [0.717, 1.165) is 44.5 Å². The van der Waals surface area contributed by atoms with Crippen molar-refractivity contribution in [3.63, 3.8) is 0 Å². The van der Waals surface area contributed by atoms with Crippen molar-refractivity contribution in [3.8, 4) is 0 Å². The van der Waals surface area contributed by atoms with Gasteiger partial charge in [-0.3, -0.25) is 19.2 Å². The van der Waals surface area contributed by atoms with Gasteiger partial charge in [-0.2, -0.15) is 0 Å². The minimum atomic E-state index is -1.64. The predicted octanol–water partition coefficient (Wildman–Crippen LogP) is 16.4. The highest BCUT2D eigenvalue weighted by Crippen LogP contribution is 2.41. The summed E-state index contributed by atoms with van der Waals surface area (Å²) in [6, 6.07) is 76.0. The molecule has 20 atom stereocenters. The second-order valence-corrected chi connectivity index (χ2v) is 37.2. The normalized spacial score (nSPS) is 26.1. The van der Waals surface area contributed by atoms with Gasteiger partial charge >= 0.3 is 23.9 Å². The lowest BCUT2D eigenvalue weighted by atomic mass is 9.94. The number of aliphatic hydroxyl groups excluding tert-OH is 1. The zero-order chi connectivity index (χ0) is 92.2. The Bertz CT molecular complexity index is 4670. The zero-order valence-corrected chi connectivity index (χ0v) is 76.8. The number of allylic oxidation sites excluding steroid dienone is 1.